The zero-order valence-electron chi connectivity index (χ0n) is 11.8. The Bertz CT molecular complexity index is 423. The normalized spacial score (nSPS) is 12.6. The molecule has 0 radical (unpaired) electrons. The maximum absolute atomic E-state index is 11.4. The highest BCUT2D eigenvalue weighted by molar-refractivity contribution is 5.26. The summed E-state index contributed by atoms with van der Waals surface area (Å²) in [6.45, 7) is 7.27. The van der Waals surface area contributed by atoms with Gasteiger partial charge in [-0.15, -0.1) is 0 Å². The maximum atomic E-state index is 11.4. The van der Waals surface area contributed by atoms with E-state index in [1.807, 2.05) is 17.7 Å². The Morgan fingerprint density at radius 3 is 2.61 bits per heavy atom. The third kappa shape index (κ3) is 3.62. The van der Waals surface area contributed by atoms with Gasteiger partial charge in [-0.05, 0) is 18.8 Å². The molecule has 1 heterocycles. The fourth-order valence-corrected chi connectivity index (χ4v) is 2.34. The van der Waals surface area contributed by atoms with Crippen molar-refractivity contribution in [2.45, 2.75) is 59.4 Å². The van der Waals surface area contributed by atoms with Crippen molar-refractivity contribution in [3.8, 4) is 5.75 Å². The molecule has 3 heteroatoms. The molecule has 1 unspecified atom stereocenters. The summed E-state index contributed by atoms with van der Waals surface area (Å²) in [5.41, 5.74) is 0.488. The third-order valence-electron chi connectivity index (χ3n) is 3.59. The van der Waals surface area contributed by atoms with E-state index in [-0.39, 0.29) is 11.2 Å². The van der Waals surface area contributed by atoms with E-state index in [9.17, 15) is 9.90 Å². The topological polar surface area (TPSA) is 42.2 Å². The van der Waals surface area contributed by atoms with Crippen molar-refractivity contribution >= 4 is 0 Å². The van der Waals surface area contributed by atoms with E-state index < -0.39 is 0 Å². The first-order chi connectivity index (χ1) is 8.63. The first-order valence-electron chi connectivity index (χ1n) is 7.05. The summed E-state index contributed by atoms with van der Waals surface area (Å²) in [6.07, 6.45) is 7.30. The van der Waals surface area contributed by atoms with Gasteiger partial charge in [0.2, 0.25) is 5.43 Å². The fourth-order valence-electron chi connectivity index (χ4n) is 2.34. The first-order valence-corrected chi connectivity index (χ1v) is 7.05. The van der Waals surface area contributed by atoms with Crippen LogP contribution in [-0.2, 0) is 13.0 Å². The molecule has 1 N–H and O–H groups in total. The van der Waals surface area contributed by atoms with Gasteiger partial charge in [0.15, 0.2) is 5.75 Å². The average Bonchev–Trinajstić information content (AvgIpc) is 2.38. The summed E-state index contributed by atoms with van der Waals surface area (Å²) >= 11 is 0. The summed E-state index contributed by atoms with van der Waals surface area (Å²) in [6, 6.07) is 1.46. The SMILES string of the molecule is CCCCC(CC)Cn1ccc(=O)c(O)c1CC. The molecule has 0 fully saturated rings. The van der Waals surface area contributed by atoms with Crippen LogP contribution in [-0.4, -0.2) is 9.67 Å². The number of unbranched alkanes of at least 4 members (excludes halogenated alkanes) is 1. The van der Waals surface area contributed by atoms with Crippen molar-refractivity contribution in [3.05, 3.63) is 28.2 Å². The number of aromatic hydroxyl groups is 1. The van der Waals surface area contributed by atoms with E-state index >= 15 is 0 Å². The molecule has 102 valence electrons. The fraction of sp³-hybridized carbons (Fsp3) is 0.667. The molecule has 0 aliphatic rings. The Balaban J connectivity index is 2.89. The minimum Gasteiger partial charge on any atom is -0.503 e. The van der Waals surface area contributed by atoms with Crippen molar-refractivity contribution in [3.63, 3.8) is 0 Å². The molecule has 18 heavy (non-hydrogen) atoms. The lowest BCUT2D eigenvalue weighted by atomic mass is 9.99. The second-order valence-electron chi connectivity index (χ2n) is 4.90. The Hall–Kier alpha value is -1.25. The number of hydrogen-bond acceptors (Lipinski definition) is 2. The third-order valence-corrected chi connectivity index (χ3v) is 3.59. The predicted molar refractivity (Wildman–Crippen MR) is 75.1 cm³/mol. The van der Waals surface area contributed by atoms with Gasteiger partial charge in [-0.1, -0.05) is 40.0 Å². The van der Waals surface area contributed by atoms with Gasteiger partial charge < -0.3 is 9.67 Å². The Morgan fingerprint density at radius 1 is 1.33 bits per heavy atom. The van der Waals surface area contributed by atoms with E-state index in [0.717, 1.165) is 18.7 Å². The van der Waals surface area contributed by atoms with Crippen molar-refractivity contribution in [2.75, 3.05) is 0 Å². The minimum atomic E-state index is -0.273. The largest absolute Gasteiger partial charge is 0.503 e. The van der Waals surface area contributed by atoms with E-state index in [2.05, 4.69) is 13.8 Å². The molecule has 0 aliphatic carbocycles. The van der Waals surface area contributed by atoms with Gasteiger partial charge in [0, 0.05) is 18.8 Å². The van der Waals surface area contributed by atoms with E-state index in [1.165, 1.54) is 25.3 Å². The molecule has 0 saturated carbocycles. The Kier molecular flexibility index (Phi) is 5.96. The van der Waals surface area contributed by atoms with Crippen LogP contribution >= 0.6 is 0 Å². The molecule has 1 atom stereocenters. The van der Waals surface area contributed by atoms with Crippen LogP contribution in [0.5, 0.6) is 5.75 Å². The lowest BCUT2D eigenvalue weighted by Gasteiger charge is -2.20. The molecule has 3 nitrogen and oxygen atoms in total. The lowest BCUT2D eigenvalue weighted by molar-refractivity contribution is 0.375. The van der Waals surface area contributed by atoms with Crippen LogP contribution in [0.15, 0.2) is 17.1 Å². The number of hydrogen-bond donors (Lipinski definition) is 1. The van der Waals surface area contributed by atoms with E-state index in [4.69, 9.17) is 0 Å². The van der Waals surface area contributed by atoms with Gasteiger partial charge in [-0.3, -0.25) is 4.79 Å². The van der Waals surface area contributed by atoms with Crippen LogP contribution in [0.4, 0.5) is 0 Å². The summed E-state index contributed by atoms with van der Waals surface area (Å²) < 4.78 is 2.04. The van der Waals surface area contributed by atoms with Gasteiger partial charge in [0.25, 0.3) is 0 Å². The van der Waals surface area contributed by atoms with Crippen molar-refractivity contribution in [1.82, 2.24) is 4.57 Å². The van der Waals surface area contributed by atoms with Gasteiger partial charge in [-0.2, -0.15) is 0 Å². The average molecular weight is 251 g/mol. The van der Waals surface area contributed by atoms with Crippen LogP contribution < -0.4 is 5.43 Å². The van der Waals surface area contributed by atoms with Crippen molar-refractivity contribution in [1.29, 1.82) is 0 Å². The summed E-state index contributed by atoms with van der Waals surface area (Å²) in [5.74, 6) is 0.544. The molecule has 0 saturated heterocycles. The molecule has 1 rings (SSSR count). The zero-order valence-corrected chi connectivity index (χ0v) is 11.8. The quantitative estimate of drug-likeness (QED) is 0.807. The summed E-state index contributed by atoms with van der Waals surface area (Å²) in [4.78, 5) is 11.4. The molecule has 0 aromatic carbocycles. The molecule has 1 aromatic heterocycles. The smallest absolute Gasteiger partial charge is 0.223 e. The molecule has 0 bridgehead atoms. The molecular formula is C15H25NO2. The van der Waals surface area contributed by atoms with Crippen LogP contribution in [0, 0.1) is 5.92 Å². The predicted octanol–water partition coefficient (Wildman–Crippen LogP) is 3.33. The van der Waals surface area contributed by atoms with Crippen molar-refractivity contribution < 1.29 is 5.11 Å². The summed E-state index contributed by atoms with van der Waals surface area (Å²) in [5, 5.41) is 9.81. The first kappa shape index (κ1) is 14.8. The van der Waals surface area contributed by atoms with Gasteiger partial charge in [0.05, 0.1) is 5.69 Å². The highest BCUT2D eigenvalue weighted by atomic mass is 16.3. The standard InChI is InChI=1S/C15H25NO2/c1-4-7-8-12(5-2)11-16-10-9-14(17)15(18)13(16)6-3/h9-10,12,18H,4-8,11H2,1-3H3. The van der Waals surface area contributed by atoms with Gasteiger partial charge in [-0.25, -0.2) is 0 Å². The number of aromatic nitrogens is 1. The van der Waals surface area contributed by atoms with E-state index in [0.29, 0.717) is 12.3 Å². The second kappa shape index (κ2) is 7.24. The minimum absolute atomic E-state index is 0.0784. The van der Waals surface area contributed by atoms with Crippen molar-refractivity contribution in [2.24, 2.45) is 5.92 Å². The molecular weight excluding hydrogens is 226 g/mol. The lowest BCUT2D eigenvalue weighted by Crippen LogP contribution is -2.17. The van der Waals surface area contributed by atoms with Crippen LogP contribution in [0.3, 0.4) is 0 Å². The monoisotopic (exact) mass is 251 g/mol. The molecule has 1 aromatic rings. The van der Waals surface area contributed by atoms with Crippen LogP contribution in [0.1, 0.15) is 52.1 Å². The number of rotatable bonds is 7. The molecule has 0 amide bonds. The highest BCUT2D eigenvalue weighted by Crippen LogP contribution is 2.19. The Morgan fingerprint density at radius 2 is 2.06 bits per heavy atom. The number of pyridine rings is 1. The zero-order chi connectivity index (χ0) is 13.5. The van der Waals surface area contributed by atoms with Gasteiger partial charge >= 0.3 is 0 Å². The Labute approximate surface area is 109 Å². The second-order valence-corrected chi connectivity index (χ2v) is 4.90. The molecule has 0 spiro atoms. The number of nitrogens with zero attached hydrogens (tertiary/aromatic N) is 1. The highest BCUT2D eigenvalue weighted by Gasteiger charge is 2.12. The maximum Gasteiger partial charge on any atom is 0.223 e. The van der Waals surface area contributed by atoms with E-state index in [1.54, 1.807) is 0 Å². The van der Waals surface area contributed by atoms with Gasteiger partial charge in [0.1, 0.15) is 0 Å². The summed E-state index contributed by atoms with van der Waals surface area (Å²) in [7, 11) is 0. The van der Waals surface area contributed by atoms with Crippen LogP contribution in [0.25, 0.3) is 0 Å². The van der Waals surface area contributed by atoms with Crippen LogP contribution in [0.2, 0.25) is 0 Å². The molecule has 0 aliphatic heterocycles.